The van der Waals surface area contributed by atoms with Crippen molar-refractivity contribution in [3.05, 3.63) is 0 Å². The van der Waals surface area contributed by atoms with Crippen molar-refractivity contribution in [3.8, 4) is 0 Å². The van der Waals surface area contributed by atoms with Crippen LogP contribution in [0.15, 0.2) is 0 Å². The van der Waals surface area contributed by atoms with E-state index in [4.69, 9.17) is 0 Å². The van der Waals surface area contributed by atoms with Crippen LogP contribution in [0, 0.1) is 0 Å². The van der Waals surface area contributed by atoms with Crippen LogP contribution in [0.4, 0.5) is 4.79 Å². The fourth-order valence-corrected chi connectivity index (χ4v) is 1.89. The molecule has 0 unspecified atom stereocenters. The number of amides is 3. The van der Waals surface area contributed by atoms with Crippen molar-refractivity contribution in [2.75, 3.05) is 6.54 Å². The van der Waals surface area contributed by atoms with Gasteiger partial charge in [0.15, 0.2) is 0 Å². The number of urea groups is 1. The van der Waals surface area contributed by atoms with Crippen LogP contribution in [0.3, 0.4) is 0 Å². The van der Waals surface area contributed by atoms with E-state index >= 15 is 0 Å². The summed E-state index contributed by atoms with van der Waals surface area (Å²) in [4.78, 5) is 24.2. The van der Waals surface area contributed by atoms with E-state index in [0.717, 1.165) is 12.8 Å². The van der Waals surface area contributed by atoms with Gasteiger partial charge in [-0.15, -0.1) is 0 Å². The van der Waals surface area contributed by atoms with Crippen LogP contribution >= 0.6 is 0 Å². The SMILES string of the molecule is CCCC(C)(C)N1CCC(=O)NC1=O. The predicted octanol–water partition coefficient (Wildman–Crippen LogP) is 1.51. The Hall–Kier alpha value is -1.06. The molecule has 1 heterocycles. The van der Waals surface area contributed by atoms with Gasteiger partial charge in [0.05, 0.1) is 0 Å². The van der Waals surface area contributed by atoms with Crippen molar-refractivity contribution in [2.24, 2.45) is 0 Å². The highest BCUT2D eigenvalue weighted by atomic mass is 16.2. The first-order chi connectivity index (χ1) is 6.47. The molecule has 1 N–H and O–H groups in total. The summed E-state index contributed by atoms with van der Waals surface area (Å²) in [6, 6.07) is -0.250. The summed E-state index contributed by atoms with van der Waals surface area (Å²) in [6.07, 6.45) is 2.40. The van der Waals surface area contributed by atoms with Gasteiger partial charge in [-0.25, -0.2) is 4.79 Å². The third kappa shape index (κ3) is 2.25. The molecule has 1 saturated heterocycles. The van der Waals surface area contributed by atoms with E-state index in [1.165, 1.54) is 0 Å². The molecule has 14 heavy (non-hydrogen) atoms. The van der Waals surface area contributed by atoms with Crippen LogP contribution in [0.2, 0.25) is 0 Å². The Morgan fingerprint density at radius 2 is 2.07 bits per heavy atom. The smallest absolute Gasteiger partial charge is 0.319 e. The van der Waals surface area contributed by atoms with E-state index in [1.54, 1.807) is 4.90 Å². The maximum absolute atomic E-state index is 11.5. The maximum Gasteiger partial charge on any atom is 0.324 e. The van der Waals surface area contributed by atoms with Crippen molar-refractivity contribution >= 4 is 11.9 Å². The molecule has 0 atom stereocenters. The lowest BCUT2D eigenvalue weighted by Gasteiger charge is -2.40. The summed E-state index contributed by atoms with van der Waals surface area (Å²) in [5.41, 5.74) is -0.153. The second-order valence-electron chi connectivity index (χ2n) is 4.32. The zero-order chi connectivity index (χ0) is 10.8. The molecule has 0 aromatic rings. The Labute approximate surface area is 84.7 Å². The predicted molar refractivity (Wildman–Crippen MR) is 53.8 cm³/mol. The van der Waals surface area contributed by atoms with Crippen LogP contribution in [-0.4, -0.2) is 28.9 Å². The minimum absolute atomic E-state index is 0.153. The zero-order valence-electron chi connectivity index (χ0n) is 9.09. The molecule has 1 fully saturated rings. The number of rotatable bonds is 3. The van der Waals surface area contributed by atoms with E-state index in [0.29, 0.717) is 13.0 Å². The van der Waals surface area contributed by atoms with Crippen LogP contribution in [0.25, 0.3) is 0 Å². The first kappa shape index (κ1) is 11.0. The minimum atomic E-state index is -0.250. The highest BCUT2D eigenvalue weighted by Crippen LogP contribution is 2.22. The van der Waals surface area contributed by atoms with Gasteiger partial charge in [-0.2, -0.15) is 0 Å². The molecule has 80 valence electrons. The lowest BCUT2D eigenvalue weighted by molar-refractivity contribution is -0.122. The summed E-state index contributed by atoms with van der Waals surface area (Å²) in [7, 11) is 0. The summed E-state index contributed by atoms with van der Waals surface area (Å²) < 4.78 is 0. The van der Waals surface area contributed by atoms with E-state index in [2.05, 4.69) is 12.2 Å². The quantitative estimate of drug-likeness (QED) is 0.747. The largest absolute Gasteiger partial charge is 0.324 e. The Morgan fingerprint density at radius 3 is 2.57 bits per heavy atom. The van der Waals surface area contributed by atoms with Crippen molar-refractivity contribution in [1.82, 2.24) is 10.2 Å². The van der Waals surface area contributed by atoms with Gasteiger partial charge in [0, 0.05) is 18.5 Å². The van der Waals surface area contributed by atoms with Gasteiger partial charge < -0.3 is 4.90 Å². The molecule has 0 saturated carbocycles. The Morgan fingerprint density at radius 1 is 1.43 bits per heavy atom. The molecule has 1 aliphatic rings. The molecule has 0 aromatic carbocycles. The normalized spacial score (nSPS) is 18.4. The number of imide groups is 1. The molecule has 0 radical (unpaired) electrons. The number of nitrogens with one attached hydrogen (secondary N) is 1. The molecular formula is C10H18N2O2. The third-order valence-corrected chi connectivity index (χ3v) is 2.65. The lowest BCUT2D eigenvalue weighted by Crippen LogP contribution is -2.57. The van der Waals surface area contributed by atoms with Gasteiger partial charge in [-0.3, -0.25) is 10.1 Å². The molecule has 1 aliphatic heterocycles. The number of carbonyl (C=O) groups is 2. The topological polar surface area (TPSA) is 49.4 Å². The molecule has 0 bridgehead atoms. The second kappa shape index (κ2) is 3.98. The first-order valence-corrected chi connectivity index (χ1v) is 5.09. The Bertz CT molecular complexity index is 249. The molecule has 1 rings (SSSR count). The van der Waals surface area contributed by atoms with Gasteiger partial charge in [-0.05, 0) is 20.3 Å². The second-order valence-corrected chi connectivity index (χ2v) is 4.32. The molecule has 4 heteroatoms. The van der Waals surface area contributed by atoms with Crippen molar-refractivity contribution in [2.45, 2.75) is 45.6 Å². The molecule has 0 spiro atoms. The van der Waals surface area contributed by atoms with Crippen molar-refractivity contribution < 1.29 is 9.59 Å². The number of nitrogens with zero attached hydrogens (tertiary/aromatic N) is 1. The van der Waals surface area contributed by atoms with Crippen molar-refractivity contribution in [1.29, 1.82) is 0 Å². The average Bonchev–Trinajstić information content (AvgIpc) is 2.02. The number of carbonyl (C=O) groups excluding carboxylic acids is 2. The van der Waals surface area contributed by atoms with E-state index in [1.807, 2.05) is 13.8 Å². The van der Waals surface area contributed by atoms with Gasteiger partial charge in [0.2, 0.25) is 5.91 Å². The zero-order valence-corrected chi connectivity index (χ0v) is 9.09. The monoisotopic (exact) mass is 198 g/mol. The lowest BCUT2D eigenvalue weighted by atomic mass is 9.96. The van der Waals surface area contributed by atoms with Crippen LogP contribution in [-0.2, 0) is 4.79 Å². The minimum Gasteiger partial charge on any atom is -0.319 e. The van der Waals surface area contributed by atoms with Crippen LogP contribution in [0.5, 0.6) is 0 Å². The van der Waals surface area contributed by atoms with E-state index < -0.39 is 0 Å². The highest BCUT2D eigenvalue weighted by molar-refractivity contribution is 5.96. The highest BCUT2D eigenvalue weighted by Gasteiger charge is 2.33. The fraction of sp³-hybridized carbons (Fsp3) is 0.800. The van der Waals surface area contributed by atoms with Gasteiger partial charge >= 0.3 is 6.03 Å². The first-order valence-electron chi connectivity index (χ1n) is 5.09. The average molecular weight is 198 g/mol. The third-order valence-electron chi connectivity index (χ3n) is 2.65. The van der Waals surface area contributed by atoms with Gasteiger partial charge in [0.1, 0.15) is 0 Å². The Balaban J connectivity index is 2.68. The summed E-state index contributed by atoms with van der Waals surface area (Å²) in [6.45, 7) is 6.70. The molecule has 0 aromatic heterocycles. The van der Waals surface area contributed by atoms with Crippen LogP contribution in [0.1, 0.15) is 40.0 Å². The molecule has 3 amide bonds. The van der Waals surface area contributed by atoms with E-state index in [-0.39, 0.29) is 17.5 Å². The van der Waals surface area contributed by atoms with Gasteiger partial charge in [0.25, 0.3) is 0 Å². The van der Waals surface area contributed by atoms with Gasteiger partial charge in [-0.1, -0.05) is 13.3 Å². The fourth-order valence-electron chi connectivity index (χ4n) is 1.89. The summed E-state index contributed by atoms with van der Waals surface area (Å²) in [5.74, 6) is -0.168. The number of hydrogen-bond acceptors (Lipinski definition) is 2. The maximum atomic E-state index is 11.5. The molecule has 0 aliphatic carbocycles. The standard InChI is InChI=1S/C10H18N2O2/c1-4-6-10(2,3)12-7-5-8(13)11-9(12)14/h4-7H2,1-3H3,(H,11,13,14). The summed E-state index contributed by atoms with van der Waals surface area (Å²) >= 11 is 0. The van der Waals surface area contributed by atoms with Crippen LogP contribution < -0.4 is 5.32 Å². The molecule has 4 nitrogen and oxygen atoms in total. The van der Waals surface area contributed by atoms with Crippen molar-refractivity contribution in [3.63, 3.8) is 0 Å². The molecular weight excluding hydrogens is 180 g/mol. The summed E-state index contributed by atoms with van der Waals surface area (Å²) in [5, 5.41) is 2.34. The Kier molecular flexibility index (Phi) is 3.13. The number of hydrogen-bond donors (Lipinski definition) is 1. The van der Waals surface area contributed by atoms with E-state index in [9.17, 15) is 9.59 Å².